The number of para-hydroxylation sites is 3. The van der Waals surface area contributed by atoms with Crippen LogP contribution in [0.15, 0.2) is 152 Å². The van der Waals surface area contributed by atoms with Crippen LogP contribution < -0.4 is 0 Å². The monoisotopic (exact) mass is 635 g/mol. The van der Waals surface area contributed by atoms with Gasteiger partial charge in [-0.1, -0.05) is 91.0 Å². The minimum absolute atomic E-state index is 0.511. The molecule has 0 aliphatic carbocycles. The fourth-order valence-electron chi connectivity index (χ4n) is 7.43. The van der Waals surface area contributed by atoms with E-state index in [2.05, 4.69) is 124 Å². The zero-order valence-corrected chi connectivity index (χ0v) is 26.7. The summed E-state index contributed by atoms with van der Waals surface area (Å²) in [7, 11) is 0. The molecule has 0 amide bonds. The molecule has 9 rings (SSSR count). The van der Waals surface area contributed by atoms with Crippen molar-refractivity contribution in [1.29, 1.82) is 15.8 Å². The van der Waals surface area contributed by atoms with Gasteiger partial charge in [-0.25, -0.2) is 0 Å². The highest BCUT2D eigenvalue weighted by atomic mass is 15.0. The van der Waals surface area contributed by atoms with Crippen LogP contribution >= 0.6 is 0 Å². The van der Waals surface area contributed by atoms with E-state index in [1.54, 1.807) is 12.1 Å². The van der Waals surface area contributed by atoms with Crippen LogP contribution in [0.3, 0.4) is 0 Å². The maximum Gasteiger partial charge on any atom is 0.101 e. The van der Waals surface area contributed by atoms with Crippen LogP contribution in [0.1, 0.15) is 16.7 Å². The lowest BCUT2D eigenvalue weighted by atomic mass is 9.97. The van der Waals surface area contributed by atoms with E-state index < -0.39 is 0 Å². The Morgan fingerprint density at radius 2 is 0.960 bits per heavy atom. The standard InChI is InChI=1S/C45H25N5/c46-26-29-15-24-42-39(25-29)44-33(27-47)7-6-14-43(44)50(42)45-34(28-48)8-5-11-36(45)32-18-16-30(17-19-32)31-20-22-35(23-21-31)49-40-12-3-1-9-37(40)38-10-2-4-13-41(38)49/h1-25H. The number of nitrogens with zero attached hydrogens (tertiary/aromatic N) is 5. The maximum absolute atomic E-state index is 10.4. The first-order valence-electron chi connectivity index (χ1n) is 16.3. The third-order valence-corrected chi connectivity index (χ3v) is 9.65. The zero-order chi connectivity index (χ0) is 33.8. The van der Waals surface area contributed by atoms with Gasteiger partial charge >= 0.3 is 0 Å². The first-order chi connectivity index (χ1) is 24.7. The second-order valence-corrected chi connectivity index (χ2v) is 12.3. The predicted molar refractivity (Wildman–Crippen MR) is 200 cm³/mol. The first kappa shape index (κ1) is 28.8. The molecule has 0 saturated heterocycles. The molecule has 0 saturated carbocycles. The highest BCUT2D eigenvalue weighted by Gasteiger charge is 2.21. The number of hydrogen-bond donors (Lipinski definition) is 0. The van der Waals surface area contributed by atoms with Crippen molar-refractivity contribution < 1.29 is 0 Å². The number of hydrogen-bond acceptors (Lipinski definition) is 3. The molecule has 2 aromatic heterocycles. The number of rotatable bonds is 4. The molecule has 0 radical (unpaired) electrons. The molecule has 5 nitrogen and oxygen atoms in total. The summed E-state index contributed by atoms with van der Waals surface area (Å²) in [5, 5.41) is 34.1. The average Bonchev–Trinajstić information content (AvgIpc) is 3.70. The van der Waals surface area contributed by atoms with Gasteiger partial charge in [0.15, 0.2) is 0 Å². The molecule has 230 valence electrons. The van der Waals surface area contributed by atoms with Gasteiger partial charge in [0, 0.05) is 32.8 Å². The SMILES string of the molecule is N#Cc1ccc2c(c1)c1c(C#N)cccc1n2-c1c(C#N)cccc1-c1ccc(-c2ccc(-n3c4ccccc4c4ccccc43)cc2)cc1. The molecule has 0 aliphatic rings. The minimum Gasteiger partial charge on any atom is -0.309 e. The van der Waals surface area contributed by atoms with Gasteiger partial charge in [-0.3, -0.25) is 0 Å². The Morgan fingerprint density at radius 1 is 0.400 bits per heavy atom. The van der Waals surface area contributed by atoms with Gasteiger partial charge in [-0.15, -0.1) is 0 Å². The van der Waals surface area contributed by atoms with Crippen LogP contribution in [-0.4, -0.2) is 9.13 Å². The summed E-state index contributed by atoms with van der Waals surface area (Å²) < 4.78 is 4.37. The summed E-state index contributed by atoms with van der Waals surface area (Å²) >= 11 is 0. The molecule has 0 fully saturated rings. The molecule has 0 bridgehead atoms. The summed E-state index contributed by atoms with van der Waals surface area (Å²) in [6.45, 7) is 0. The molecule has 0 spiro atoms. The van der Waals surface area contributed by atoms with Crippen LogP contribution in [0.25, 0.3) is 77.2 Å². The van der Waals surface area contributed by atoms with Gasteiger partial charge in [0.25, 0.3) is 0 Å². The average molecular weight is 636 g/mol. The molecule has 50 heavy (non-hydrogen) atoms. The van der Waals surface area contributed by atoms with Gasteiger partial charge < -0.3 is 9.13 Å². The number of nitriles is 3. The predicted octanol–water partition coefficient (Wildman–Crippen LogP) is 10.8. The molecule has 0 N–H and O–H groups in total. The third kappa shape index (κ3) is 4.31. The van der Waals surface area contributed by atoms with Crippen molar-refractivity contribution >= 4 is 43.6 Å². The Balaban J connectivity index is 1.15. The van der Waals surface area contributed by atoms with Gasteiger partial charge in [0.2, 0.25) is 0 Å². The summed E-state index contributed by atoms with van der Waals surface area (Å²) in [4.78, 5) is 0. The molecule has 2 heterocycles. The van der Waals surface area contributed by atoms with E-state index in [0.717, 1.165) is 55.4 Å². The van der Waals surface area contributed by atoms with Crippen LogP contribution in [0, 0.1) is 34.0 Å². The highest BCUT2D eigenvalue weighted by Crippen LogP contribution is 2.40. The Morgan fingerprint density at radius 3 is 1.62 bits per heavy atom. The maximum atomic E-state index is 10.4. The van der Waals surface area contributed by atoms with Crippen LogP contribution in [0.5, 0.6) is 0 Å². The molecular weight excluding hydrogens is 611 g/mol. The van der Waals surface area contributed by atoms with Crippen LogP contribution in [-0.2, 0) is 0 Å². The van der Waals surface area contributed by atoms with Crippen molar-refractivity contribution in [3.05, 3.63) is 168 Å². The minimum atomic E-state index is 0.511. The van der Waals surface area contributed by atoms with Gasteiger partial charge in [0.1, 0.15) is 6.07 Å². The van der Waals surface area contributed by atoms with E-state index in [9.17, 15) is 15.8 Å². The van der Waals surface area contributed by atoms with Crippen molar-refractivity contribution in [2.45, 2.75) is 0 Å². The normalized spacial score (nSPS) is 11.1. The summed E-state index contributed by atoms with van der Waals surface area (Å²) in [5.74, 6) is 0. The van der Waals surface area contributed by atoms with Crippen LogP contribution in [0.2, 0.25) is 0 Å². The fourth-order valence-corrected chi connectivity index (χ4v) is 7.43. The van der Waals surface area contributed by atoms with Crippen molar-refractivity contribution in [2.75, 3.05) is 0 Å². The van der Waals surface area contributed by atoms with Crippen molar-refractivity contribution in [3.8, 4) is 51.8 Å². The van der Waals surface area contributed by atoms with E-state index in [1.807, 2.05) is 42.5 Å². The molecule has 0 aliphatic heterocycles. The number of benzene rings is 7. The third-order valence-electron chi connectivity index (χ3n) is 9.65. The van der Waals surface area contributed by atoms with E-state index >= 15 is 0 Å². The highest BCUT2D eigenvalue weighted by molar-refractivity contribution is 6.13. The first-order valence-corrected chi connectivity index (χ1v) is 16.3. The Hall–Kier alpha value is -7.39. The van der Waals surface area contributed by atoms with E-state index in [4.69, 9.17) is 0 Å². The van der Waals surface area contributed by atoms with Gasteiger partial charge in [-0.05, 0) is 77.4 Å². The molecule has 5 heteroatoms. The molecular formula is C45H25N5. The van der Waals surface area contributed by atoms with Crippen LogP contribution in [0.4, 0.5) is 0 Å². The topological polar surface area (TPSA) is 81.2 Å². The van der Waals surface area contributed by atoms with Gasteiger partial charge in [-0.2, -0.15) is 15.8 Å². The molecule has 0 unspecified atom stereocenters. The summed E-state index contributed by atoms with van der Waals surface area (Å²) in [5.41, 5.74) is 11.4. The fraction of sp³-hybridized carbons (Fsp3) is 0. The van der Waals surface area contributed by atoms with E-state index in [-0.39, 0.29) is 0 Å². The Kier molecular flexibility index (Phi) is 6.56. The lowest BCUT2D eigenvalue weighted by Gasteiger charge is -2.16. The molecule has 0 atom stereocenters. The second kappa shape index (κ2) is 11.4. The summed E-state index contributed by atoms with van der Waals surface area (Å²) in [6.07, 6.45) is 0. The van der Waals surface area contributed by atoms with E-state index in [1.165, 1.54) is 21.8 Å². The number of fused-ring (bicyclic) bond motifs is 6. The van der Waals surface area contributed by atoms with Crippen molar-refractivity contribution in [2.24, 2.45) is 0 Å². The second-order valence-electron chi connectivity index (χ2n) is 12.3. The zero-order valence-electron chi connectivity index (χ0n) is 26.7. The summed E-state index contributed by atoms with van der Waals surface area (Å²) in [6, 6.07) is 58.0. The molecule has 7 aromatic carbocycles. The Labute approximate surface area is 287 Å². The Bertz CT molecular complexity index is 2890. The molecule has 9 aromatic rings. The number of aromatic nitrogens is 2. The van der Waals surface area contributed by atoms with Crippen molar-refractivity contribution in [1.82, 2.24) is 9.13 Å². The lowest BCUT2D eigenvalue weighted by Crippen LogP contribution is -2.01. The van der Waals surface area contributed by atoms with Crippen molar-refractivity contribution in [3.63, 3.8) is 0 Å². The lowest BCUT2D eigenvalue weighted by molar-refractivity contribution is 1.17. The van der Waals surface area contributed by atoms with E-state index in [0.29, 0.717) is 16.7 Å². The quantitative estimate of drug-likeness (QED) is 0.193. The smallest absolute Gasteiger partial charge is 0.101 e. The van der Waals surface area contributed by atoms with Gasteiger partial charge in [0.05, 0.1) is 56.6 Å². The largest absolute Gasteiger partial charge is 0.309 e.